The topological polar surface area (TPSA) is 118 Å². The summed E-state index contributed by atoms with van der Waals surface area (Å²) in [6, 6.07) is 4.93. The zero-order chi connectivity index (χ0) is 15.3. The van der Waals surface area contributed by atoms with Crippen LogP contribution in [0.2, 0.25) is 0 Å². The molecule has 1 rings (SSSR count). The summed E-state index contributed by atoms with van der Waals surface area (Å²) >= 11 is 0. The smallest absolute Gasteiger partial charge is 0.240 e. The van der Waals surface area contributed by atoms with Crippen molar-refractivity contribution < 1.29 is 14.7 Å². The van der Waals surface area contributed by atoms with Gasteiger partial charge in [0.1, 0.15) is 11.8 Å². The number of nitrogens with two attached hydrogens (primary N) is 2. The number of rotatable bonds is 6. The first kappa shape index (κ1) is 16.0. The van der Waals surface area contributed by atoms with Gasteiger partial charge in [0.15, 0.2) is 0 Å². The first-order valence-electron chi connectivity index (χ1n) is 6.44. The van der Waals surface area contributed by atoms with E-state index in [-0.39, 0.29) is 11.7 Å². The molecular formula is C14H21N3O3. The number of benzene rings is 1. The van der Waals surface area contributed by atoms with Crippen LogP contribution in [0.1, 0.15) is 19.4 Å². The predicted octanol–water partition coefficient (Wildman–Crippen LogP) is -0.112. The van der Waals surface area contributed by atoms with Gasteiger partial charge in [0, 0.05) is 0 Å². The van der Waals surface area contributed by atoms with Gasteiger partial charge in [0.05, 0.1) is 6.04 Å². The Balaban J connectivity index is 2.62. The largest absolute Gasteiger partial charge is 0.508 e. The van der Waals surface area contributed by atoms with Gasteiger partial charge in [0.25, 0.3) is 0 Å². The molecule has 0 radical (unpaired) electrons. The van der Waals surface area contributed by atoms with Gasteiger partial charge in [-0.25, -0.2) is 0 Å². The SMILES string of the molecule is CC(C)C(NC(=O)[C@H](N)Cc1ccc(O)cc1)C(N)=O. The first-order valence-corrected chi connectivity index (χ1v) is 6.44. The van der Waals surface area contributed by atoms with Crippen LogP contribution >= 0.6 is 0 Å². The molecule has 0 spiro atoms. The van der Waals surface area contributed by atoms with E-state index >= 15 is 0 Å². The number of aromatic hydroxyl groups is 1. The van der Waals surface area contributed by atoms with Crippen LogP contribution in [0.25, 0.3) is 0 Å². The lowest BCUT2D eigenvalue weighted by molar-refractivity contribution is -0.129. The van der Waals surface area contributed by atoms with E-state index in [2.05, 4.69) is 5.32 Å². The molecule has 1 unspecified atom stereocenters. The Hall–Kier alpha value is -2.08. The minimum atomic E-state index is -0.778. The highest BCUT2D eigenvalue weighted by Gasteiger charge is 2.24. The molecule has 0 heterocycles. The van der Waals surface area contributed by atoms with Gasteiger partial charge in [-0.1, -0.05) is 26.0 Å². The molecule has 2 amide bonds. The molecule has 0 aliphatic rings. The van der Waals surface area contributed by atoms with Crippen molar-refractivity contribution in [3.05, 3.63) is 29.8 Å². The number of nitrogens with one attached hydrogen (secondary N) is 1. The fraction of sp³-hybridized carbons (Fsp3) is 0.429. The molecule has 6 nitrogen and oxygen atoms in total. The van der Waals surface area contributed by atoms with Crippen molar-refractivity contribution in [1.82, 2.24) is 5.32 Å². The summed E-state index contributed by atoms with van der Waals surface area (Å²) in [6.45, 7) is 3.59. The molecular weight excluding hydrogens is 258 g/mol. The number of phenolic OH excluding ortho intramolecular Hbond substituents is 1. The predicted molar refractivity (Wildman–Crippen MR) is 75.7 cm³/mol. The van der Waals surface area contributed by atoms with Crippen molar-refractivity contribution in [1.29, 1.82) is 0 Å². The fourth-order valence-electron chi connectivity index (χ4n) is 1.81. The highest BCUT2D eigenvalue weighted by molar-refractivity contribution is 5.89. The van der Waals surface area contributed by atoms with Crippen LogP contribution in [0, 0.1) is 5.92 Å². The molecule has 2 atom stereocenters. The monoisotopic (exact) mass is 279 g/mol. The standard InChI is InChI=1S/C14H21N3O3/c1-8(2)12(13(16)19)17-14(20)11(15)7-9-3-5-10(18)6-4-9/h3-6,8,11-12,18H,7,15H2,1-2H3,(H2,16,19)(H,17,20)/t11-,12?/m1/s1. The summed E-state index contributed by atoms with van der Waals surface area (Å²) in [7, 11) is 0. The van der Waals surface area contributed by atoms with Gasteiger partial charge in [-0.15, -0.1) is 0 Å². The van der Waals surface area contributed by atoms with Crippen LogP contribution in [-0.2, 0) is 16.0 Å². The molecule has 1 aromatic carbocycles. The van der Waals surface area contributed by atoms with Gasteiger partial charge in [-0.3, -0.25) is 9.59 Å². The number of carbonyl (C=O) groups excluding carboxylic acids is 2. The summed E-state index contributed by atoms with van der Waals surface area (Å²) in [5, 5.41) is 11.7. The second kappa shape index (κ2) is 6.91. The maximum atomic E-state index is 11.9. The molecule has 0 aromatic heterocycles. The average molecular weight is 279 g/mol. The Morgan fingerprint density at radius 1 is 1.25 bits per heavy atom. The van der Waals surface area contributed by atoms with Crippen molar-refractivity contribution in [2.24, 2.45) is 17.4 Å². The van der Waals surface area contributed by atoms with Crippen molar-refractivity contribution >= 4 is 11.8 Å². The van der Waals surface area contributed by atoms with E-state index in [1.165, 1.54) is 12.1 Å². The molecule has 0 saturated carbocycles. The van der Waals surface area contributed by atoms with E-state index in [0.29, 0.717) is 6.42 Å². The molecule has 0 saturated heterocycles. The number of hydrogen-bond acceptors (Lipinski definition) is 4. The molecule has 0 bridgehead atoms. The van der Waals surface area contributed by atoms with Crippen LogP contribution < -0.4 is 16.8 Å². The molecule has 20 heavy (non-hydrogen) atoms. The molecule has 0 fully saturated rings. The lowest BCUT2D eigenvalue weighted by Crippen LogP contribution is -2.53. The zero-order valence-electron chi connectivity index (χ0n) is 11.7. The van der Waals surface area contributed by atoms with Gasteiger partial charge >= 0.3 is 0 Å². The van der Waals surface area contributed by atoms with E-state index in [9.17, 15) is 14.7 Å². The van der Waals surface area contributed by atoms with Gasteiger partial charge in [-0.2, -0.15) is 0 Å². The normalized spacial score (nSPS) is 13.8. The molecule has 6 heteroatoms. The van der Waals surface area contributed by atoms with Crippen LogP contribution in [0.5, 0.6) is 5.75 Å². The van der Waals surface area contributed by atoms with Gasteiger partial charge < -0.3 is 21.9 Å². The van der Waals surface area contributed by atoms with Crippen molar-refractivity contribution in [3.63, 3.8) is 0 Å². The molecule has 0 aliphatic carbocycles. The highest BCUT2D eigenvalue weighted by Crippen LogP contribution is 2.11. The second-order valence-corrected chi connectivity index (χ2v) is 5.11. The second-order valence-electron chi connectivity index (χ2n) is 5.11. The van der Waals surface area contributed by atoms with E-state index in [1.807, 2.05) is 0 Å². The maximum absolute atomic E-state index is 11.9. The van der Waals surface area contributed by atoms with Crippen LogP contribution in [0.4, 0.5) is 0 Å². The van der Waals surface area contributed by atoms with E-state index in [0.717, 1.165) is 5.56 Å². The van der Waals surface area contributed by atoms with Crippen LogP contribution in [-0.4, -0.2) is 29.0 Å². The third-order valence-electron chi connectivity index (χ3n) is 3.00. The van der Waals surface area contributed by atoms with Gasteiger partial charge in [0.2, 0.25) is 11.8 Å². The number of phenols is 1. The van der Waals surface area contributed by atoms with Crippen LogP contribution in [0.15, 0.2) is 24.3 Å². The Labute approximate surface area is 118 Å². The fourth-order valence-corrected chi connectivity index (χ4v) is 1.81. The number of carbonyl (C=O) groups is 2. The van der Waals surface area contributed by atoms with E-state index in [1.54, 1.807) is 26.0 Å². The third kappa shape index (κ3) is 4.55. The Morgan fingerprint density at radius 3 is 2.25 bits per heavy atom. The van der Waals surface area contributed by atoms with E-state index in [4.69, 9.17) is 11.5 Å². The summed E-state index contributed by atoms with van der Waals surface area (Å²) in [4.78, 5) is 23.2. The lowest BCUT2D eigenvalue weighted by Gasteiger charge is -2.21. The first-order chi connectivity index (χ1) is 9.31. The maximum Gasteiger partial charge on any atom is 0.240 e. The van der Waals surface area contributed by atoms with Gasteiger partial charge in [-0.05, 0) is 30.0 Å². The van der Waals surface area contributed by atoms with E-state index < -0.39 is 23.9 Å². The molecule has 0 aliphatic heterocycles. The third-order valence-corrected chi connectivity index (χ3v) is 3.00. The Kier molecular flexibility index (Phi) is 5.52. The van der Waals surface area contributed by atoms with Crippen molar-refractivity contribution in [3.8, 4) is 5.75 Å². The highest BCUT2D eigenvalue weighted by atomic mass is 16.3. The lowest BCUT2D eigenvalue weighted by atomic mass is 10.0. The minimum Gasteiger partial charge on any atom is -0.508 e. The van der Waals surface area contributed by atoms with Crippen molar-refractivity contribution in [2.75, 3.05) is 0 Å². The summed E-state index contributed by atoms with van der Waals surface area (Å²) in [5.74, 6) is -0.946. The quantitative estimate of drug-likeness (QED) is 0.581. The van der Waals surface area contributed by atoms with Crippen LogP contribution in [0.3, 0.4) is 0 Å². The molecule has 6 N–H and O–H groups in total. The summed E-state index contributed by atoms with van der Waals surface area (Å²) < 4.78 is 0. The number of amides is 2. The number of primary amides is 1. The molecule has 1 aromatic rings. The summed E-state index contributed by atoms with van der Waals surface area (Å²) in [5.41, 5.74) is 11.9. The minimum absolute atomic E-state index is 0.0997. The zero-order valence-corrected chi connectivity index (χ0v) is 11.7. The molecule has 110 valence electrons. The average Bonchev–Trinajstić information content (AvgIpc) is 2.37. The summed E-state index contributed by atoms with van der Waals surface area (Å²) in [6.07, 6.45) is 0.315. The number of hydrogen-bond donors (Lipinski definition) is 4. The van der Waals surface area contributed by atoms with Crippen molar-refractivity contribution in [2.45, 2.75) is 32.4 Å². The Morgan fingerprint density at radius 2 is 1.80 bits per heavy atom. The Bertz CT molecular complexity index is 471.